The number of thiophene rings is 1. The van der Waals surface area contributed by atoms with Crippen molar-refractivity contribution >= 4 is 27.1 Å². The van der Waals surface area contributed by atoms with Crippen molar-refractivity contribution in [3.05, 3.63) is 65.4 Å². The number of nitrogens with one attached hydrogen (secondary N) is 1. The van der Waals surface area contributed by atoms with Gasteiger partial charge in [-0.3, -0.25) is 10.0 Å². The van der Waals surface area contributed by atoms with Gasteiger partial charge in [0.1, 0.15) is 11.5 Å². The van der Waals surface area contributed by atoms with Gasteiger partial charge in [-0.25, -0.2) is 13.9 Å². The number of rotatable bonds is 7. The number of ether oxygens (including phenoxy) is 2. The lowest BCUT2D eigenvalue weighted by Gasteiger charge is -2.34. The number of benzene rings is 2. The predicted molar refractivity (Wildman–Crippen MR) is 121 cm³/mol. The molecule has 32 heavy (non-hydrogen) atoms. The Morgan fingerprint density at radius 3 is 2.19 bits per heavy atom. The van der Waals surface area contributed by atoms with Crippen LogP contribution < -0.4 is 10.2 Å². The van der Waals surface area contributed by atoms with Gasteiger partial charge >= 0.3 is 0 Å². The van der Waals surface area contributed by atoms with E-state index < -0.39 is 26.9 Å². The standard InChI is InChI=1S/C23H23NO6S2/c25-22(24-26)23(10-12-29-13-11-23)16-32(27,28)21-7-5-20(6-8-21)30-19-3-1-17(2-4-19)18-9-14-31-15-18/h1-9,14-15,26H,10-13,16H2,(H,24,25). The second-order valence-electron chi connectivity index (χ2n) is 7.70. The number of amides is 1. The first-order chi connectivity index (χ1) is 15.4. The van der Waals surface area contributed by atoms with Crippen molar-refractivity contribution in [1.82, 2.24) is 5.48 Å². The monoisotopic (exact) mass is 473 g/mol. The second kappa shape index (κ2) is 9.41. The SMILES string of the molecule is O=C(NO)C1(CS(=O)(=O)c2ccc(Oc3ccc(-c4ccsc4)cc3)cc2)CCOCC1. The van der Waals surface area contributed by atoms with Gasteiger partial charge in [0.05, 0.1) is 16.1 Å². The Labute approximate surface area is 190 Å². The van der Waals surface area contributed by atoms with E-state index in [-0.39, 0.29) is 31.0 Å². The Morgan fingerprint density at radius 1 is 1.00 bits per heavy atom. The summed E-state index contributed by atoms with van der Waals surface area (Å²) in [5, 5.41) is 13.2. The summed E-state index contributed by atoms with van der Waals surface area (Å²) in [6.07, 6.45) is 0.447. The molecule has 4 rings (SSSR count). The molecule has 2 heterocycles. The van der Waals surface area contributed by atoms with Crippen molar-refractivity contribution in [3.8, 4) is 22.6 Å². The maximum atomic E-state index is 13.0. The van der Waals surface area contributed by atoms with Gasteiger partial charge in [0.15, 0.2) is 9.84 Å². The van der Waals surface area contributed by atoms with E-state index >= 15 is 0 Å². The lowest BCUT2D eigenvalue weighted by molar-refractivity contribution is -0.143. The molecular formula is C23H23NO6S2. The van der Waals surface area contributed by atoms with Crippen molar-refractivity contribution in [2.75, 3.05) is 19.0 Å². The van der Waals surface area contributed by atoms with Crippen molar-refractivity contribution in [2.45, 2.75) is 17.7 Å². The maximum absolute atomic E-state index is 13.0. The summed E-state index contributed by atoms with van der Waals surface area (Å²) in [6.45, 7) is 0.530. The number of sulfone groups is 1. The van der Waals surface area contributed by atoms with Gasteiger partial charge in [-0.2, -0.15) is 11.3 Å². The first-order valence-corrected chi connectivity index (χ1v) is 12.7. The minimum atomic E-state index is -3.78. The molecule has 168 valence electrons. The van der Waals surface area contributed by atoms with Crippen LogP contribution in [0.3, 0.4) is 0 Å². The second-order valence-corrected chi connectivity index (χ2v) is 10.5. The summed E-state index contributed by atoms with van der Waals surface area (Å²) in [5.41, 5.74) is 2.64. The largest absolute Gasteiger partial charge is 0.457 e. The van der Waals surface area contributed by atoms with E-state index in [9.17, 15) is 13.2 Å². The highest BCUT2D eigenvalue weighted by Crippen LogP contribution is 2.35. The van der Waals surface area contributed by atoms with Gasteiger partial charge in [-0.1, -0.05) is 12.1 Å². The van der Waals surface area contributed by atoms with Gasteiger partial charge in [-0.05, 0) is 77.2 Å². The summed E-state index contributed by atoms with van der Waals surface area (Å²) in [4.78, 5) is 12.3. The average Bonchev–Trinajstić information content (AvgIpc) is 3.35. The zero-order valence-corrected chi connectivity index (χ0v) is 18.8. The topological polar surface area (TPSA) is 102 Å². The van der Waals surface area contributed by atoms with Gasteiger partial charge in [0.2, 0.25) is 0 Å². The third kappa shape index (κ3) is 4.86. The molecule has 2 aromatic carbocycles. The molecule has 0 aliphatic carbocycles. The lowest BCUT2D eigenvalue weighted by atomic mass is 9.81. The van der Waals surface area contributed by atoms with E-state index in [1.165, 1.54) is 12.1 Å². The van der Waals surface area contributed by atoms with Crippen molar-refractivity contribution in [3.63, 3.8) is 0 Å². The minimum absolute atomic E-state index is 0.0919. The van der Waals surface area contributed by atoms with Crippen molar-refractivity contribution < 1.29 is 27.9 Å². The molecule has 1 amide bonds. The molecule has 0 unspecified atom stereocenters. The quantitative estimate of drug-likeness (QED) is 0.392. The van der Waals surface area contributed by atoms with Crippen molar-refractivity contribution in [2.24, 2.45) is 5.41 Å². The summed E-state index contributed by atoms with van der Waals surface area (Å²) >= 11 is 1.64. The molecule has 9 heteroatoms. The van der Waals surface area contributed by atoms with Crippen LogP contribution in [0.25, 0.3) is 11.1 Å². The fourth-order valence-corrected chi connectivity index (χ4v) is 6.29. The van der Waals surface area contributed by atoms with Crippen LogP contribution in [0.1, 0.15) is 12.8 Å². The van der Waals surface area contributed by atoms with Crippen LogP contribution in [0.4, 0.5) is 0 Å². The van der Waals surface area contributed by atoms with Gasteiger partial charge in [-0.15, -0.1) is 0 Å². The molecular weight excluding hydrogens is 450 g/mol. The highest BCUT2D eigenvalue weighted by atomic mass is 32.2. The van der Waals surface area contributed by atoms with Gasteiger partial charge < -0.3 is 9.47 Å². The smallest absolute Gasteiger partial charge is 0.250 e. The highest BCUT2D eigenvalue weighted by molar-refractivity contribution is 7.91. The predicted octanol–water partition coefficient (Wildman–Crippen LogP) is 4.28. The lowest BCUT2D eigenvalue weighted by Crippen LogP contribution is -2.47. The van der Waals surface area contributed by atoms with E-state index in [2.05, 4.69) is 5.38 Å². The molecule has 0 spiro atoms. The van der Waals surface area contributed by atoms with Crippen LogP contribution >= 0.6 is 11.3 Å². The number of hydroxylamine groups is 1. The third-order valence-electron chi connectivity index (χ3n) is 5.63. The first-order valence-electron chi connectivity index (χ1n) is 10.1. The number of hydrogen-bond acceptors (Lipinski definition) is 7. The van der Waals surface area contributed by atoms with Crippen LogP contribution in [0.2, 0.25) is 0 Å². The van der Waals surface area contributed by atoms with Gasteiger partial charge in [0, 0.05) is 13.2 Å². The van der Waals surface area contributed by atoms with E-state index in [1.54, 1.807) is 28.9 Å². The maximum Gasteiger partial charge on any atom is 0.250 e. The molecule has 1 fully saturated rings. The minimum Gasteiger partial charge on any atom is -0.457 e. The van der Waals surface area contributed by atoms with E-state index in [0.29, 0.717) is 11.5 Å². The van der Waals surface area contributed by atoms with Crippen LogP contribution in [0, 0.1) is 5.41 Å². The fourth-order valence-electron chi connectivity index (χ4n) is 3.76. The Hall–Kier alpha value is -2.72. The van der Waals surface area contributed by atoms with Crippen LogP contribution in [-0.4, -0.2) is 38.5 Å². The summed E-state index contributed by atoms with van der Waals surface area (Å²) in [6, 6.07) is 15.8. The first kappa shape index (κ1) is 22.5. The molecule has 0 saturated carbocycles. The Bertz CT molecular complexity index is 1150. The normalized spacial score (nSPS) is 15.8. The Kier molecular flexibility index (Phi) is 6.61. The van der Waals surface area contributed by atoms with E-state index in [0.717, 1.165) is 11.1 Å². The number of hydrogen-bond donors (Lipinski definition) is 2. The molecule has 1 saturated heterocycles. The van der Waals surface area contributed by atoms with Gasteiger partial charge in [0.25, 0.3) is 5.91 Å². The number of carbonyl (C=O) groups is 1. The van der Waals surface area contributed by atoms with E-state index in [1.807, 2.05) is 35.7 Å². The molecule has 1 aromatic heterocycles. The summed E-state index contributed by atoms with van der Waals surface area (Å²) in [7, 11) is -3.78. The zero-order chi connectivity index (χ0) is 22.6. The summed E-state index contributed by atoms with van der Waals surface area (Å²) in [5.74, 6) is 0.0386. The Morgan fingerprint density at radius 2 is 1.62 bits per heavy atom. The molecule has 1 aliphatic heterocycles. The molecule has 0 atom stereocenters. The third-order valence-corrected chi connectivity index (χ3v) is 8.23. The van der Waals surface area contributed by atoms with E-state index in [4.69, 9.17) is 14.7 Å². The molecule has 3 aromatic rings. The molecule has 7 nitrogen and oxygen atoms in total. The average molecular weight is 474 g/mol. The number of carbonyl (C=O) groups excluding carboxylic acids is 1. The van der Waals surface area contributed by atoms with Crippen LogP contribution in [0.15, 0.2) is 70.3 Å². The van der Waals surface area contributed by atoms with Crippen LogP contribution in [-0.2, 0) is 19.4 Å². The molecule has 1 aliphatic rings. The summed E-state index contributed by atoms with van der Waals surface area (Å²) < 4.78 is 37.1. The van der Waals surface area contributed by atoms with Crippen molar-refractivity contribution in [1.29, 1.82) is 0 Å². The zero-order valence-electron chi connectivity index (χ0n) is 17.2. The molecule has 0 radical (unpaired) electrons. The highest BCUT2D eigenvalue weighted by Gasteiger charge is 2.44. The van der Waals surface area contributed by atoms with Crippen LogP contribution in [0.5, 0.6) is 11.5 Å². The molecule has 2 N–H and O–H groups in total. The molecule has 0 bridgehead atoms. The Balaban J connectivity index is 1.47. The fraction of sp³-hybridized carbons (Fsp3) is 0.261.